The van der Waals surface area contributed by atoms with Gasteiger partial charge >= 0.3 is 0 Å². The van der Waals surface area contributed by atoms with Gasteiger partial charge in [0.1, 0.15) is 16.5 Å². The smallest absolute Gasteiger partial charge is 0.196 e. The number of thiazole rings is 1. The van der Waals surface area contributed by atoms with Gasteiger partial charge in [0.25, 0.3) is 0 Å². The number of fused-ring (bicyclic) bond motifs is 1. The highest BCUT2D eigenvalue weighted by atomic mass is 32.1. The van der Waals surface area contributed by atoms with Crippen LogP contribution in [0, 0.1) is 0 Å². The van der Waals surface area contributed by atoms with Crippen molar-refractivity contribution in [1.82, 2.24) is 4.98 Å². The molecule has 0 spiro atoms. The number of carbonyl (C=O) groups is 1. The summed E-state index contributed by atoms with van der Waals surface area (Å²) in [6.07, 6.45) is 1.85. The summed E-state index contributed by atoms with van der Waals surface area (Å²) >= 11 is 1.50. The molecule has 3 aromatic carbocycles. The Kier molecular flexibility index (Phi) is 5.40. The summed E-state index contributed by atoms with van der Waals surface area (Å²) < 4.78 is 11.8. The van der Waals surface area contributed by atoms with Gasteiger partial charge in [0.2, 0.25) is 0 Å². The highest BCUT2D eigenvalue weighted by Crippen LogP contribution is 2.32. The van der Waals surface area contributed by atoms with Gasteiger partial charge in [-0.3, -0.25) is 4.79 Å². The number of para-hydroxylation sites is 1. The third-order valence-corrected chi connectivity index (χ3v) is 5.56. The monoisotopic (exact) mass is 401 g/mol. The van der Waals surface area contributed by atoms with Crippen LogP contribution in [-0.4, -0.2) is 25.0 Å². The van der Waals surface area contributed by atoms with Gasteiger partial charge in [0, 0.05) is 11.6 Å². The highest BCUT2D eigenvalue weighted by Gasteiger charge is 2.18. The number of Topliss-reactive ketones (excluding diaryl/α,β-unsaturated/α-hetero) is 1. The predicted octanol–water partition coefficient (Wildman–Crippen LogP) is 5.74. The largest absolute Gasteiger partial charge is 0.497 e. The number of hydrogen-bond acceptors (Lipinski definition) is 5. The maximum Gasteiger partial charge on any atom is 0.196 e. The Morgan fingerprint density at radius 3 is 2.21 bits per heavy atom. The minimum atomic E-state index is -0.0774. The van der Waals surface area contributed by atoms with Gasteiger partial charge in [-0.05, 0) is 35.9 Å². The second-order valence-electron chi connectivity index (χ2n) is 6.39. The number of methoxy groups -OCH3 is 2. The van der Waals surface area contributed by atoms with Crippen LogP contribution in [0.2, 0.25) is 0 Å². The van der Waals surface area contributed by atoms with E-state index in [-0.39, 0.29) is 5.78 Å². The molecule has 0 aliphatic rings. The zero-order valence-electron chi connectivity index (χ0n) is 16.1. The van der Waals surface area contributed by atoms with Crippen LogP contribution in [0.25, 0.3) is 21.9 Å². The normalized spacial score (nSPS) is 11.4. The molecular formula is C24H19NO3S. The Bertz CT molecular complexity index is 1140. The predicted molar refractivity (Wildman–Crippen MR) is 118 cm³/mol. The molecule has 5 heteroatoms. The quantitative estimate of drug-likeness (QED) is 0.305. The van der Waals surface area contributed by atoms with Crippen molar-refractivity contribution in [3.8, 4) is 11.5 Å². The summed E-state index contributed by atoms with van der Waals surface area (Å²) in [6.45, 7) is 0. The first kappa shape index (κ1) is 18.9. The molecule has 4 rings (SSSR count). The lowest BCUT2D eigenvalue weighted by Gasteiger charge is -2.08. The first-order valence-electron chi connectivity index (χ1n) is 9.08. The summed E-state index contributed by atoms with van der Waals surface area (Å²) in [5.41, 5.74) is 2.84. The number of nitrogens with zero attached hydrogens (tertiary/aromatic N) is 1. The summed E-state index contributed by atoms with van der Waals surface area (Å²) in [6, 6.07) is 22.7. The van der Waals surface area contributed by atoms with Gasteiger partial charge in [-0.1, -0.05) is 42.5 Å². The summed E-state index contributed by atoms with van der Waals surface area (Å²) in [7, 11) is 3.21. The third-order valence-electron chi connectivity index (χ3n) is 4.49. The van der Waals surface area contributed by atoms with E-state index in [0.717, 1.165) is 15.8 Å². The molecule has 0 fully saturated rings. The molecule has 4 aromatic rings. The van der Waals surface area contributed by atoms with Crippen LogP contribution < -0.4 is 9.47 Å². The van der Waals surface area contributed by atoms with Crippen molar-refractivity contribution in [2.24, 2.45) is 0 Å². The molecule has 0 saturated carbocycles. The molecule has 0 unspecified atom stereocenters. The third kappa shape index (κ3) is 4.05. The summed E-state index contributed by atoms with van der Waals surface area (Å²) in [5.74, 6) is 1.24. The van der Waals surface area contributed by atoms with Gasteiger partial charge in [0.15, 0.2) is 5.78 Å². The highest BCUT2D eigenvalue weighted by molar-refractivity contribution is 7.20. The molecule has 0 N–H and O–H groups in total. The molecule has 1 heterocycles. The minimum Gasteiger partial charge on any atom is -0.497 e. The zero-order chi connectivity index (χ0) is 20.2. The standard InChI is InChI=1S/C24H19NO3S/c1-27-18-12-16(13-19(15-18)28-2)14-20(23(26)17-8-4-3-5-9-17)24-25-21-10-6-7-11-22(21)29-24/h3-15H,1-2H3/b20-14-. The van der Waals surface area contributed by atoms with Crippen molar-refractivity contribution in [2.75, 3.05) is 14.2 Å². The van der Waals surface area contributed by atoms with Crippen molar-refractivity contribution in [2.45, 2.75) is 0 Å². The fraction of sp³-hybridized carbons (Fsp3) is 0.0833. The van der Waals surface area contributed by atoms with Crippen molar-refractivity contribution in [1.29, 1.82) is 0 Å². The lowest BCUT2D eigenvalue weighted by Crippen LogP contribution is -2.02. The van der Waals surface area contributed by atoms with E-state index < -0.39 is 0 Å². The molecule has 29 heavy (non-hydrogen) atoms. The Morgan fingerprint density at radius 2 is 1.55 bits per heavy atom. The Balaban J connectivity index is 1.88. The fourth-order valence-electron chi connectivity index (χ4n) is 3.04. The average Bonchev–Trinajstić information content (AvgIpc) is 3.21. The Labute approximate surface area is 173 Å². The van der Waals surface area contributed by atoms with Crippen LogP contribution in [0.5, 0.6) is 11.5 Å². The van der Waals surface area contributed by atoms with Crippen molar-refractivity contribution < 1.29 is 14.3 Å². The second-order valence-corrected chi connectivity index (χ2v) is 7.42. The van der Waals surface area contributed by atoms with E-state index in [1.54, 1.807) is 20.3 Å². The first-order valence-corrected chi connectivity index (χ1v) is 9.90. The molecule has 1 aromatic heterocycles. The second kappa shape index (κ2) is 8.29. The van der Waals surface area contributed by atoms with E-state index in [4.69, 9.17) is 14.5 Å². The van der Waals surface area contributed by atoms with Crippen LogP contribution in [-0.2, 0) is 0 Å². The van der Waals surface area contributed by atoms with Crippen LogP contribution in [0.1, 0.15) is 20.9 Å². The SMILES string of the molecule is COc1cc(/C=C(/C(=O)c2ccccc2)c2nc3ccccc3s2)cc(OC)c1. The van der Waals surface area contributed by atoms with Crippen molar-refractivity contribution in [3.05, 3.63) is 88.9 Å². The van der Waals surface area contributed by atoms with Gasteiger partial charge < -0.3 is 9.47 Å². The van der Waals surface area contributed by atoms with E-state index in [1.807, 2.05) is 72.8 Å². The van der Waals surface area contributed by atoms with Gasteiger partial charge in [-0.15, -0.1) is 11.3 Å². The van der Waals surface area contributed by atoms with Crippen LogP contribution >= 0.6 is 11.3 Å². The van der Waals surface area contributed by atoms with Crippen LogP contribution in [0.3, 0.4) is 0 Å². The van der Waals surface area contributed by atoms with Gasteiger partial charge in [-0.25, -0.2) is 4.98 Å². The maximum atomic E-state index is 13.4. The van der Waals surface area contributed by atoms with Crippen LogP contribution in [0.15, 0.2) is 72.8 Å². The minimum absolute atomic E-state index is 0.0774. The first-order chi connectivity index (χ1) is 14.2. The number of benzene rings is 3. The van der Waals surface area contributed by atoms with E-state index >= 15 is 0 Å². The van der Waals surface area contributed by atoms with Gasteiger partial charge in [-0.2, -0.15) is 0 Å². The molecular weight excluding hydrogens is 382 g/mol. The molecule has 144 valence electrons. The number of ether oxygens (including phenoxy) is 2. The van der Waals surface area contributed by atoms with E-state index in [9.17, 15) is 4.79 Å². The topological polar surface area (TPSA) is 48.4 Å². The molecule has 0 bridgehead atoms. The number of hydrogen-bond donors (Lipinski definition) is 0. The molecule has 0 atom stereocenters. The molecule has 0 saturated heterocycles. The zero-order valence-corrected chi connectivity index (χ0v) is 16.9. The van der Waals surface area contributed by atoms with Gasteiger partial charge in [0.05, 0.1) is 30.0 Å². The lowest BCUT2D eigenvalue weighted by molar-refractivity contribution is 0.105. The summed E-state index contributed by atoms with van der Waals surface area (Å²) in [4.78, 5) is 18.1. The molecule has 4 nitrogen and oxygen atoms in total. The Hall–Kier alpha value is -3.44. The van der Waals surface area contributed by atoms with E-state index in [2.05, 4.69) is 0 Å². The number of allylic oxidation sites excluding steroid dienone is 1. The number of aromatic nitrogens is 1. The van der Waals surface area contributed by atoms with Crippen LogP contribution in [0.4, 0.5) is 0 Å². The van der Waals surface area contributed by atoms with Crippen molar-refractivity contribution >= 4 is 39.0 Å². The van der Waals surface area contributed by atoms with Crippen molar-refractivity contribution in [3.63, 3.8) is 0 Å². The molecule has 0 aliphatic heterocycles. The number of carbonyl (C=O) groups excluding carboxylic acids is 1. The molecule has 0 radical (unpaired) electrons. The lowest BCUT2D eigenvalue weighted by atomic mass is 10.0. The molecule has 0 amide bonds. The summed E-state index contributed by atoms with van der Waals surface area (Å²) in [5, 5.41) is 0.682. The number of ketones is 1. The Morgan fingerprint density at radius 1 is 0.897 bits per heavy atom. The average molecular weight is 401 g/mol. The van der Waals surface area contributed by atoms with E-state index in [0.29, 0.717) is 27.6 Å². The fourth-order valence-corrected chi connectivity index (χ4v) is 4.02. The number of rotatable bonds is 6. The molecule has 0 aliphatic carbocycles. The van der Waals surface area contributed by atoms with E-state index in [1.165, 1.54) is 11.3 Å². The maximum absolute atomic E-state index is 13.4.